The highest BCUT2D eigenvalue weighted by atomic mass is 35.5. The Bertz CT molecular complexity index is 970. The van der Waals surface area contributed by atoms with Crippen molar-refractivity contribution in [2.75, 3.05) is 0 Å². The first-order chi connectivity index (χ1) is 10.9. The maximum Gasteiger partial charge on any atom is 0.290 e. The number of nitrogens with zero attached hydrogens (tertiary/aromatic N) is 3. The second-order valence-electron chi connectivity index (χ2n) is 4.59. The Labute approximate surface area is 138 Å². The Kier molecular flexibility index (Phi) is 3.63. The quantitative estimate of drug-likeness (QED) is 0.555. The number of nitro benzene ring substituents is 2. The van der Waals surface area contributed by atoms with Crippen molar-refractivity contribution in [2.24, 2.45) is 0 Å². The van der Waals surface area contributed by atoms with Crippen LogP contribution in [0.3, 0.4) is 0 Å². The molecule has 2 aromatic carbocycles. The Hall–Kier alpha value is -2.71. The van der Waals surface area contributed by atoms with Crippen molar-refractivity contribution in [2.45, 2.75) is 0 Å². The van der Waals surface area contributed by atoms with Crippen molar-refractivity contribution in [3.8, 4) is 11.4 Å². The smallest absolute Gasteiger partial charge is 0.290 e. The van der Waals surface area contributed by atoms with E-state index in [-0.39, 0.29) is 21.4 Å². The first kappa shape index (κ1) is 15.2. The molecule has 116 valence electrons. The molecule has 0 unspecified atom stereocenters. The molecule has 3 aromatic rings. The summed E-state index contributed by atoms with van der Waals surface area (Å²) in [6.45, 7) is 0. The largest absolute Gasteiger partial charge is 0.338 e. The van der Waals surface area contributed by atoms with Crippen LogP contribution < -0.4 is 0 Å². The summed E-state index contributed by atoms with van der Waals surface area (Å²) in [5, 5.41) is 21.8. The van der Waals surface area contributed by atoms with Crippen LogP contribution in [0.1, 0.15) is 0 Å². The van der Waals surface area contributed by atoms with Gasteiger partial charge in [-0.25, -0.2) is 4.98 Å². The second kappa shape index (κ2) is 5.49. The van der Waals surface area contributed by atoms with Gasteiger partial charge in [0.25, 0.3) is 11.4 Å². The van der Waals surface area contributed by atoms with Gasteiger partial charge in [0.05, 0.1) is 20.9 Å². The van der Waals surface area contributed by atoms with E-state index >= 15 is 0 Å². The van der Waals surface area contributed by atoms with Crippen molar-refractivity contribution in [3.05, 3.63) is 60.6 Å². The van der Waals surface area contributed by atoms with Crippen LogP contribution in [0.15, 0.2) is 30.3 Å². The Morgan fingerprint density at radius 3 is 2.26 bits per heavy atom. The Morgan fingerprint density at radius 2 is 1.61 bits per heavy atom. The predicted molar refractivity (Wildman–Crippen MR) is 84.9 cm³/mol. The molecule has 0 fully saturated rings. The number of nitro groups is 2. The molecule has 0 saturated heterocycles. The summed E-state index contributed by atoms with van der Waals surface area (Å²) in [6.07, 6.45) is 0. The summed E-state index contributed by atoms with van der Waals surface area (Å²) in [6, 6.07) is 6.84. The molecule has 0 spiro atoms. The number of fused-ring (bicyclic) bond motifs is 1. The molecule has 0 atom stereocenters. The number of H-pyrrole nitrogens is 1. The van der Waals surface area contributed by atoms with E-state index in [0.717, 1.165) is 0 Å². The topological polar surface area (TPSA) is 115 Å². The molecule has 0 bridgehead atoms. The van der Waals surface area contributed by atoms with E-state index in [0.29, 0.717) is 22.4 Å². The van der Waals surface area contributed by atoms with Gasteiger partial charge in [-0.05, 0) is 18.2 Å². The highest BCUT2D eigenvalue weighted by Crippen LogP contribution is 2.33. The zero-order chi connectivity index (χ0) is 16.7. The minimum atomic E-state index is -0.602. The lowest BCUT2D eigenvalue weighted by Crippen LogP contribution is -1.90. The third-order valence-electron chi connectivity index (χ3n) is 3.16. The summed E-state index contributed by atoms with van der Waals surface area (Å²) in [4.78, 5) is 27.8. The number of hydrogen-bond donors (Lipinski definition) is 1. The number of halogens is 2. The van der Waals surface area contributed by atoms with Gasteiger partial charge in [0, 0.05) is 17.7 Å². The molecule has 0 amide bonds. The van der Waals surface area contributed by atoms with Gasteiger partial charge in [-0.1, -0.05) is 23.2 Å². The number of nitrogens with one attached hydrogen (secondary N) is 1. The maximum atomic E-state index is 10.9. The molecule has 0 aliphatic carbocycles. The third kappa shape index (κ3) is 2.69. The second-order valence-corrected chi connectivity index (χ2v) is 5.40. The molecular weight excluding hydrogens is 347 g/mol. The Balaban J connectivity index is 2.16. The Morgan fingerprint density at radius 1 is 0.957 bits per heavy atom. The molecule has 8 nitrogen and oxygen atoms in total. The van der Waals surface area contributed by atoms with E-state index in [4.69, 9.17) is 23.2 Å². The molecule has 1 heterocycles. The minimum Gasteiger partial charge on any atom is -0.338 e. The van der Waals surface area contributed by atoms with Gasteiger partial charge in [-0.15, -0.1) is 0 Å². The molecule has 23 heavy (non-hydrogen) atoms. The van der Waals surface area contributed by atoms with Crippen LogP contribution in [0.4, 0.5) is 11.4 Å². The molecule has 1 aromatic heterocycles. The monoisotopic (exact) mass is 352 g/mol. The van der Waals surface area contributed by atoms with Crippen molar-refractivity contribution >= 4 is 45.6 Å². The minimum absolute atomic E-state index is 0.00791. The molecule has 1 N–H and O–H groups in total. The molecular formula is C13H6Cl2N4O4. The van der Waals surface area contributed by atoms with E-state index < -0.39 is 9.85 Å². The lowest BCUT2D eigenvalue weighted by atomic mass is 10.2. The van der Waals surface area contributed by atoms with Gasteiger partial charge >= 0.3 is 0 Å². The number of imidazole rings is 1. The average molecular weight is 353 g/mol. The number of aromatic nitrogens is 2. The number of benzene rings is 2. The van der Waals surface area contributed by atoms with Gasteiger partial charge in [-0.3, -0.25) is 20.2 Å². The predicted octanol–water partition coefficient (Wildman–Crippen LogP) is 4.35. The maximum absolute atomic E-state index is 10.9. The highest BCUT2D eigenvalue weighted by Gasteiger charge is 2.18. The van der Waals surface area contributed by atoms with Gasteiger partial charge in [0.15, 0.2) is 0 Å². The van der Waals surface area contributed by atoms with Crippen molar-refractivity contribution < 1.29 is 9.85 Å². The average Bonchev–Trinajstić information content (AvgIpc) is 2.89. The number of aromatic amines is 1. The van der Waals surface area contributed by atoms with Crippen LogP contribution in [0.25, 0.3) is 22.4 Å². The van der Waals surface area contributed by atoms with E-state index in [1.165, 1.54) is 24.3 Å². The molecule has 0 radical (unpaired) electrons. The van der Waals surface area contributed by atoms with Gasteiger partial charge in [0.1, 0.15) is 15.9 Å². The summed E-state index contributed by atoms with van der Waals surface area (Å²) in [5.74, 6) is 0.316. The fraction of sp³-hybridized carbons (Fsp3) is 0. The number of hydrogen-bond acceptors (Lipinski definition) is 5. The van der Waals surface area contributed by atoms with Crippen LogP contribution >= 0.6 is 23.2 Å². The lowest BCUT2D eigenvalue weighted by Gasteiger charge is -1.98. The van der Waals surface area contributed by atoms with Crippen molar-refractivity contribution in [1.82, 2.24) is 9.97 Å². The van der Waals surface area contributed by atoms with Crippen LogP contribution in [0, 0.1) is 20.2 Å². The van der Waals surface area contributed by atoms with Gasteiger partial charge < -0.3 is 4.98 Å². The first-order valence-corrected chi connectivity index (χ1v) is 6.90. The molecule has 10 heteroatoms. The zero-order valence-electron chi connectivity index (χ0n) is 11.1. The summed E-state index contributed by atoms with van der Waals surface area (Å²) < 4.78 is 0. The fourth-order valence-electron chi connectivity index (χ4n) is 2.10. The summed E-state index contributed by atoms with van der Waals surface area (Å²) >= 11 is 11.6. The van der Waals surface area contributed by atoms with Crippen LogP contribution in [-0.4, -0.2) is 19.8 Å². The molecule has 3 rings (SSSR count). The summed E-state index contributed by atoms with van der Waals surface area (Å²) in [7, 11) is 0. The highest BCUT2D eigenvalue weighted by molar-refractivity contribution is 6.33. The van der Waals surface area contributed by atoms with Crippen molar-refractivity contribution in [1.29, 1.82) is 0 Å². The standard InChI is InChI=1S/C13H6Cl2N4O4/c14-7-2-1-6(3-11(7)18(20)21)13-16-9-4-8(15)12(19(22)23)5-10(9)17-13/h1-5H,(H,16,17). The first-order valence-electron chi connectivity index (χ1n) is 6.15. The van der Waals surface area contributed by atoms with Crippen LogP contribution in [0.5, 0.6) is 0 Å². The summed E-state index contributed by atoms with van der Waals surface area (Å²) in [5.41, 5.74) is 0.725. The van der Waals surface area contributed by atoms with E-state index in [1.807, 2.05) is 0 Å². The van der Waals surface area contributed by atoms with E-state index in [2.05, 4.69) is 9.97 Å². The normalized spacial score (nSPS) is 10.9. The van der Waals surface area contributed by atoms with Crippen LogP contribution in [0.2, 0.25) is 10.0 Å². The van der Waals surface area contributed by atoms with Crippen LogP contribution in [-0.2, 0) is 0 Å². The van der Waals surface area contributed by atoms with E-state index in [9.17, 15) is 20.2 Å². The van der Waals surface area contributed by atoms with Gasteiger partial charge in [-0.2, -0.15) is 0 Å². The fourth-order valence-corrected chi connectivity index (χ4v) is 2.51. The van der Waals surface area contributed by atoms with Crippen molar-refractivity contribution in [3.63, 3.8) is 0 Å². The molecule has 0 saturated carbocycles. The zero-order valence-corrected chi connectivity index (χ0v) is 12.6. The number of rotatable bonds is 3. The molecule has 0 aliphatic rings. The SMILES string of the molecule is O=[N+]([O-])c1cc(-c2nc3cc(Cl)c([N+](=O)[O-])cc3[nH]2)ccc1Cl. The lowest BCUT2D eigenvalue weighted by molar-refractivity contribution is -0.384. The molecule has 0 aliphatic heterocycles. The third-order valence-corrected chi connectivity index (χ3v) is 3.79. The van der Waals surface area contributed by atoms with E-state index in [1.54, 1.807) is 6.07 Å². The van der Waals surface area contributed by atoms with Gasteiger partial charge in [0.2, 0.25) is 0 Å².